The van der Waals surface area contributed by atoms with Crippen molar-refractivity contribution < 1.29 is 4.79 Å². The standard InChI is InChI=1S/C7H13NO/c1-6(2)7(9)4-5-8-3/h8H,1,4-5H2,2-3H3. The zero-order chi connectivity index (χ0) is 7.28. The molecule has 0 aliphatic heterocycles. The summed E-state index contributed by atoms with van der Waals surface area (Å²) in [5, 5.41) is 2.89. The second-order valence-electron chi connectivity index (χ2n) is 2.06. The molecule has 0 atom stereocenters. The lowest BCUT2D eigenvalue weighted by Gasteiger charge is -1.96. The Bertz CT molecular complexity index is 118. The number of hydrogen-bond donors (Lipinski definition) is 1. The number of allylic oxidation sites excluding steroid dienone is 1. The first-order chi connectivity index (χ1) is 4.18. The van der Waals surface area contributed by atoms with Crippen molar-refractivity contribution in [3.63, 3.8) is 0 Å². The second kappa shape index (κ2) is 4.27. The third-order valence-corrected chi connectivity index (χ3v) is 1.08. The maximum absolute atomic E-state index is 10.8. The molecule has 0 aromatic carbocycles. The average Bonchev–Trinajstić information content (AvgIpc) is 1.82. The number of carbonyl (C=O) groups is 1. The lowest BCUT2D eigenvalue weighted by atomic mass is 10.2. The summed E-state index contributed by atoms with van der Waals surface area (Å²) in [5.74, 6) is 0.143. The Labute approximate surface area is 56.0 Å². The highest BCUT2D eigenvalue weighted by molar-refractivity contribution is 5.94. The van der Waals surface area contributed by atoms with Crippen LogP contribution in [-0.2, 0) is 4.79 Å². The number of nitrogens with one attached hydrogen (secondary N) is 1. The topological polar surface area (TPSA) is 29.1 Å². The zero-order valence-corrected chi connectivity index (χ0v) is 6.03. The monoisotopic (exact) mass is 127 g/mol. The van der Waals surface area contributed by atoms with Crippen molar-refractivity contribution in [1.29, 1.82) is 0 Å². The molecule has 0 amide bonds. The lowest BCUT2D eigenvalue weighted by Crippen LogP contribution is -2.12. The van der Waals surface area contributed by atoms with Crippen LogP contribution >= 0.6 is 0 Å². The summed E-state index contributed by atoms with van der Waals surface area (Å²) in [5.41, 5.74) is 0.644. The number of rotatable bonds is 4. The smallest absolute Gasteiger partial charge is 0.159 e. The van der Waals surface area contributed by atoms with Crippen molar-refractivity contribution in [1.82, 2.24) is 5.32 Å². The van der Waals surface area contributed by atoms with E-state index in [1.54, 1.807) is 6.92 Å². The minimum absolute atomic E-state index is 0.143. The highest BCUT2D eigenvalue weighted by Gasteiger charge is 1.98. The van der Waals surface area contributed by atoms with Crippen molar-refractivity contribution >= 4 is 5.78 Å². The fourth-order valence-corrected chi connectivity index (χ4v) is 0.452. The van der Waals surface area contributed by atoms with Crippen LogP contribution in [0.5, 0.6) is 0 Å². The predicted molar refractivity (Wildman–Crippen MR) is 38.4 cm³/mol. The molecule has 0 aliphatic carbocycles. The molecule has 0 rings (SSSR count). The Kier molecular flexibility index (Phi) is 3.97. The van der Waals surface area contributed by atoms with Crippen LogP contribution in [0.15, 0.2) is 12.2 Å². The molecule has 1 N–H and O–H groups in total. The van der Waals surface area contributed by atoms with Crippen LogP contribution in [0.1, 0.15) is 13.3 Å². The van der Waals surface area contributed by atoms with E-state index in [1.165, 1.54) is 0 Å². The fourth-order valence-electron chi connectivity index (χ4n) is 0.452. The molecule has 9 heavy (non-hydrogen) atoms. The van der Waals surface area contributed by atoms with Gasteiger partial charge in [0.1, 0.15) is 0 Å². The summed E-state index contributed by atoms with van der Waals surface area (Å²) in [7, 11) is 1.83. The summed E-state index contributed by atoms with van der Waals surface area (Å²) in [6.45, 7) is 6.01. The number of carbonyl (C=O) groups excluding carboxylic acids is 1. The van der Waals surface area contributed by atoms with Crippen LogP contribution in [-0.4, -0.2) is 19.4 Å². The SMILES string of the molecule is C=C(C)C(=O)CCNC. The molecule has 0 aromatic heterocycles. The van der Waals surface area contributed by atoms with Crippen molar-refractivity contribution in [2.24, 2.45) is 0 Å². The van der Waals surface area contributed by atoms with Gasteiger partial charge in [-0.15, -0.1) is 0 Å². The van der Waals surface area contributed by atoms with Gasteiger partial charge in [-0.25, -0.2) is 0 Å². The summed E-state index contributed by atoms with van der Waals surface area (Å²) >= 11 is 0. The van der Waals surface area contributed by atoms with Gasteiger partial charge >= 0.3 is 0 Å². The summed E-state index contributed by atoms with van der Waals surface area (Å²) in [6.07, 6.45) is 0.561. The van der Waals surface area contributed by atoms with Crippen molar-refractivity contribution in [2.75, 3.05) is 13.6 Å². The average molecular weight is 127 g/mol. The Hall–Kier alpha value is -0.630. The number of Topliss-reactive ketones (excluding diaryl/α,β-unsaturated/α-hetero) is 1. The summed E-state index contributed by atoms with van der Waals surface area (Å²) in [6, 6.07) is 0. The molecular formula is C7H13NO. The molecule has 0 aliphatic rings. The molecule has 0 fully saturated rings. The van der Waals surface area contributed by atoms with Gasteiger partial charge in [0.05, 0.1) is 0 Å². The molecule has 2 nitrogen and oxygen atoms in total. The van der Waals surface area contributed by atoms with Crippen LogP contribution in [0, 0.1) is 0 Å². The minimum atomic E-state index is 0.143. The summed E-state index contributed by atoms with van der Waals surface area (Å²) < 4.78 is 0. The first-order valence-electron chi connectivity index (χ1n) is 3.01. The minimum Gasteiger partial charge on any atom is -0.319 e. The predicted octanol–water partition coefficient (Wildman–Crippen LogP) is 0.741. The Morgan fingerprint density at radius 2 is 2.22 bits per heavy atom. The van der Waals surface area contributed by atoms with Gasteiger partial charge in [0.2, 0.25) is 0 Å². The van der Waals surface area contributed by atoms with Gasteiger partial charge in [0.15, 0.2) is 5.78 Å². The zero-order valence-electron chi connectivity index (χ0n) is 6.03. The van der Waals surface area contributed by atoms with E-state index in [9.17, 15) is 4.79 Å². The lowest BCUT2D eigenvalue weighted by molar-refractivity contribution is -0.115. The van der Waals surface area contributed by atoms with Gasteiger partial charge in [-0.2, -0.15) is 0 Å². The van der Waals surface area contributed by atoms with Gasteiger partial charge < -0.3 is 5.32 Å². The Morgan fingerprint density at radius 3 is 2.56 bits per heavy atom. The van der Waals surface area contributed by atoms with E-state index in [0.29, 0.717) is 12.0 Å². The molecule has 0 saturated carbocycles. The van der Waals surface area contributed by atoms with E-state index in [2.05, 4.69) is 11.9 Å². The van der Waals surface area contributed by atoms with Gasteiger partial charge in [0, 0.05) is 13.0 Å². The normalized spacial score (nSPS) is 9.11. The van der Waals surface area contributed by atoms with E-state index in [1.807, 2.05) is 7.05 Å². The molecule has 52 valence electrons. The van der Waals surface area contributed by atoms with Crippen LogP contribution in [0.25, 0.3) is 0 Å². The van der Waals surface area contributed by atoms with Crippen molar-refractivity contribution in [3.05, 3.63) is 12.2 Å². The van der Waals surface area contributed by atoms with Gasteiger partial charge in [-0.3, -0.25) is 4.79 Å². The Morgan fingerprint density at radius 1 is 1.67 bits per heavy atom. The molecule has 0 spiro atoms. The second-order valence-corrected chi connectivity index (χ2v) is 2.06. The third-order valence-electron chi connectivity index (χ3n) is 1.08. The van der Waals surface area contributed by atoms with Gasteiger partial charge in [0.25, 0.3) is 0 Å². The van der Waals surface area contributed by atoms with E-state index in [-0.39, 0.29) is 5.78 Å². The molecule has 0 heterocycles. The largest absolute Gasteiger partial charge is 0.319 e. The molecule has 0 saturated heterocycles. The highest BCUT2D eigenvalue weighted by atomic mass is 16.1. The summed E-state index contributed by atoms with van der Waals surface area (Å²) in [4.78, 5) is 10.8. The number of ketones is 1. The van der Waals surface area contributed by atoms with E-state index in [0.717, 1.165) is 6.54 Å². The molecule has 0 radical (unpaired) electrons. The van der Waals surface area contributed by atoms with Crippen LogP contribution in [0.4, 0.5) is 0 Å². The molecule has 2 heteroatoms. The number of hydrogen-bond acceptors (Lipinski definition) is 2. The van der Waals surface area contributed by atoms with Gasteiger partial charge in [-0.1, -0.05) is 6.58 Å². The van der Waals surface area contributed by atoms with Crippen LogP contribution in [0.3, 0.4) is 0 Å². The van der Waals surface area contributed by atoms with Crippen LogP contribution in [0.2, 0.25) is 0 Å². The molecule has 0 aromatic rings. The van der Waals surface area contributed by atoms with Crippen LogP contribution < -0.4 is 5.32 Å². The quantitative estimate of drug-likeness (QED) is 0.564. The van der Waals surface area contributed by atoms with E-state index < -0.39 is 0 Å². The van der Waals surface area contributed by atoms with Gasteiger partial charge in [-0.05, 0) is 19.5 Å². The van der Waals surface area contributed by atoms with Crippen molar-refractivity contribution in [2.45, 2.75) is 13.3 Å². The van der Waals surface area contributed by atoms with E-state index in [4.69, 9.17) is 0 Å². The highest BCUT2D eigenvalue weighted by Crippen LogP contribution is 1.92. The third kappa shape index (κ3) is 3.91. The maximum atomic E-state index is 10.8. The van der Waals surface area contributed by atoms with Crippen molar-refractivity contribution in [3.8, 4) is 0 Å². The Balaban J connectivity index is 3.39. The molecular weight excluding hydrogens is 114 g/mol. The first-order valence-corrected chi connectivity index (χ1v) is 3.01. The first kappa shape index (κ1) is 8.37. The maximum Gasteiger partial charge on any atom is 0.159 e. The molecule has 0 bridgehead atoms. The fraction of sp³-hybridized carbons (Fsp3) is 0.571. The molecule has 0 unspecified atom stereocenters. The van der Waals surface area contributed by atoms with E-state index >= 15 is 0 Å².